The van der Waals surface area contributed by atoms with Crippen LogP contribution in [0.25, 0.3) is 0 Å². The molecule has 0 aromatic rings. The van der Waals surface area contributed by atoms with Crippen molar-refractivity contribution < 1.29 is 53.5 Å². The van der Waals surface area contributed by atoms with Gasteiger partial charge in [-0.25, -0.2) is 16.8 Å². The number of morpholine rings is 2. The molecule has 0 unspecified atom stereocenters. The van der Waals surface area contributed by atoms with Crippen LogP contribution in [0.4, 0.5) is 0 Å². The third kappa shape index (κ3) is 27.6. The fourth-order valence-electron chi connectivity index (χ4n) is 3.09. The topological polar surface area (TPSA) is 173 Å². The molecule has 32 heavy (non-hydrogen) atoms. The first-order valence-corrected chi connectivity index (χ1v) is 13.5. The highest BCUT2D eigenvalue weighted by Gasteiger charge is 2.24. The summed E-state index contributed by atoms with van der Waals surface area (Å²) in [5.74, 6) is 0. The Morgan fingerprint density at radius 3 is 1.09 bits per heavy atom. The SMILES string of the molecule is CCCC[N+]1(C)CCOCC1.CCCC[N+]1(C)CCOCC1.O=S(=O)([O-])O.O=S(=O)([O-])O. The number of likely N-dealkylation sites (N-methyl/N-ethyl adjacent to an activating group) is 2. The molecule has 0 aromatic heterocycles. The third-order valence-corrected chi connectivity index (χ3v) is 5.20. The van der Waals surface area contributed by atoms with Crippen LogP contribution in [-0.2, 0) is 30.3 Å². The van der Waals surface area contributed by atoms with Gasteiger partial charge in [0.1, 0.15) is 26.2 Å². The summed E-state index contributed by atoms with van der Waals surface area (Å²) >= 11 is 0. The van der Waals surface area contributed by atoms with Crippen LogP contribution in [0.1, 0.15) is 39.5 Å². The van der Waals surface area contributed by atoms with Gasteiger partial charge in [0.25, 0.3) is 0 Å². The lowest BCUT2D eigenvalue weighted by molar-refractivity contribution is -0.917. The van der Waals surface area contributed by atoms with Crippen LogP contribution in [-0.4, -0.2) is 124 Å². The van der Waals surface area contributed by atoms with E-state index in [4.69, 9.17) is 44.5 Å². The fraction of sp³-hybridized carbons (Fsp3) is 1.00. The van der Waals surface area contributed by atoms with Crippen LogP contribution in [0.15, 0.2) is 0 Å². The highest BCUT2D eigenvalue weighted by atomic mass is 32.3. The van der Waals surface area contributed by atoms with E-state index in [-0.39, 0.29) is 0 Å². The van der Waals surface area contributed by atoms with Gasteiger partial charge in [-0.1, -0.05) is 26.7 Å². The van der Waals surface area contributed by atoms with Crippen LogP contribution in [0.2, 0.25) is 0 Å². The molecule has 0 spiro atoms. The summed E-state index contributed by atoms with van der Waals surface area (Å²) in [6.07, 6.45) is 5.34. The highest BCUT2D eigenvalue weighted by Crippen LogP contribution is 2.09. The maximum Gasteiger partial charge on any atom is 0.215 e. The second kappa shape index (κ2) is 17.1. The Morgan fingerprint density at radius 1 is 0.688 bits per heavy atom. The maximum atomic E-state index is 8.63. The molecule has 12 nitrogen and oxygen atoms in total. The summed E-state index contributed by atoms with van der Waals surface area (Å²) in [6, 6.07) is 0. The first-order chi connectivity index (χ1) is 14.5. The van der Waals surface area contributed by atoms with E-state index in [0.717, 1.165) is 26.4 Å². The first kappa shape index (κ1) is 33.8. The maximum absolute atomic E-state index is 8.63. The van der Waals surface area contributed by atoms with Crippen molar-refractivity contribution in [2.75, 3.05) is 79.8 Å². The van der Waals surface area contributed by atoms with E-state index in [9.17, 15) is 0 Å². The van der Waals surface area contributed by atoms with E-state index >= 15 is 0 Å². The molecule has 196 valence electrons. The quantitative estimate of drug-likeness (QED) is 0.291. The van der Waals surface area contributed by atoms with Gasteiger partial charge in [0.2, 0.25) is 20.8 Å². The van der Waals surface area contributed by atoms with E-state index in [1.165, 1.54) is 73.9 Å². The minimum Gasteiger partial charge on any atom is -0.726 e. The van der Waals surface area contributed by atoms with Crippen LogP contribution in [0, 0.1) is 0 Å². The molecule has 2 aliphatic heterocycles. The molecule has 2 heterocycles. The first-order valence-electron chi connectivity index (χ1n) is 10.7. The number of hydrogen-bond acceptors (Lipinski definition) is 8. The van der Waals surface area contributed by atoms with Gasteiger partial charge in [-0.15, -0.1) is 0 Å². The lowest BCUT2D eigenvalue weighted by Gasteiger charge is -2.37. The molecular weight excluding hydrogens is 468 g/mol. The molecule has 0 amide bonds. The zero-order valence-electron chi connectivity index (χ0n) is 19.8. The summed E-state index contributed by atoms with van der Waals surface area (Å²) < 4.78 is 78.8. The van der Waals surface area contributed by atoms with Gasteiger partial charge < -0.3 is 27.5 Å². The normalized spacial score (nSPS) is 19.8. The predicted octanol–water partition coefficient (Wildman–Crippen LogP) is 0.536. The predicted molar refractivity (Wildman–Crippen MR) is 118 cm³/mol. The molecule has 2 fully saturated rings. The molecule has 0 saturated carbocycles. The molecule has 0 aromatic carbocycles. The minimum atomic E-state index is -4.92. The largest absolute Gasteiger partial charge is 0.726 e. The Hall–Kier alpha value is -0.420. The minimum absolute atomic E-state index is 0.959. The average molecular weight is 511 g/mol. The van der Waals surface area contributed by atoms with Gasteiger partial charge >= 0.3 is 0 Å². The van der Waals surface area contributed by atoms with Crippen molar-refractivity contribution in [1.82, 2.24) is 0 Å². The summed E-state index contributed by atoms with van der Waals surface area (Å²) in [6.45, 7) is 15.8. The van der Waals surface area contributed by atoms with E-state index < -0.39 is 20.8 Å². The standard InChI is InChI=1S/2C9H20NO.2H2O4S/c2*1-3-4-5-10(2)6-8-11-9-7-10;2*1-5(2,3)4/h2*3-9H2,1-2H3;2*(H2,1,2,3,4)/q2*+1;;/p-2. The van der Waals surface area contributed by atoms with Crippen molar-refractivity contribution in [1.29, 1.82) is 0 Å². The number of unbranched alkanes of at least 4 members (excludes halogenated alkanes) is 2. The van der Waals surface area contributed by atoms with Gasteiger partial charge in [0.15, 0.2) is 0 Å². The Balaban J connectivity index is 0. The van der Waals surface area contributed by atoms with Crippen LogP contribution in [0.3, 0.4) is 0 Å². The number of rotatable bonds is 6. The van der Waals surface area contributed by atoms with Crippen LogP contribution in [0.5, 0.6) is 0 Å². The van der Waals surface area contributed by atoms with E-state index in [1.807, 2.05) is 0 Å². The Labute approximate surface area is 193 Å². The van der Waals surface area contributed by atoms with Crippen molar-refractivity contribution in [3.63, 3.8) is 0 Å². The van der Waals surface area contributed by atoms with Gasteiger partial charge in [-0.05, 0) is 12.8 Å². The molecule has 0 radical (unpaired) electrons. The van der Waals surface area contributed by atoms with Gasteiger partial charge in [0, 0.05) is 0 Å². The smallest absolute Gasteiger partial charge is 0.215 e. The summed E-state index contributed by atoms with van der Waals surface area (Å²) in [5, 5.41) is 0. The number of nitrogens with zero attached hydrogens (tertiary/aromatic N) is 2. The van der Waals surface area contributed by atoms with Crippen LogP contribution < -0.4 is 0 Å². The van der Waals surface area contributed by atoms with E-state index in [2.05, 4.69) is 27.9 Å². The zero-order chi connectivity index (χ0) is 25.3. The van der Waals surface area contributed by atoms with Crippen molar-refractivity contribution in [3.8, 4) is 0 Å². The lowest BCUT2D eigenvalue weighted by atomic mass is 10.2. The zero-order valence-corrected chi connectivity index (χ0v) is 21.4. The Kier molecular flexibility index (Phi) is 18.0. The molecule has 2 rings (SSSR count). The second-order valence-electron chi connectivity index (χ2n) is 8.37. The fourth-order valence-corrected chi connectivity index (χ4v) is 3.09. The third-order valence-electron chi connectivity index (χ3n) is 5.20. The van der Waals surface area contributed by atoms with E-state index in [0.29, 0.717) is 0 Å². The molecule has 0 aliphatic carbocycles. The monoisotopic (exact) mass is 510 g/mol. The lowest BCUT2D eigenvalue weighted by Crippen LogP contribution is -2.52. The highest BCUT2D eigenvalue weighted by molar-refractivity contribution is 7.80. The Morgan fingerprint density at radius 2 is 0.906 bits per heavy atom. The molecule has 2 aliphatic rings. The second-order valence-corrected chi connectivity index (χ2v) is 10.1. The number of ether oxygens (including phenoxy) is 2. The molecule has 14 heteroatoms. The molecule has 0 atom stereocenters. The Bertz CT molecular complexity index is 585. The molecule has 2 N–H and O–H groups in total. The van der Waals surface area contributed by atoms with Crippen molar-refractivity contribution in [3.05, 3.63) is 0 Å². The van der Waals surface area contributed by atoms with Gasteiger partial charge in [-0.2, -0.15) is 0 Å². The van der Waals surface area contributed by atoms with Crippen molar-refractivity contribution >= 4 is 20.8 Å². The number of hydrogen-bond donors (Lipinski definition) is 2. The molecule has 0 bridgehead atoms. The van der Waals surface area contributed by atoms with Gasteiger partial charge in [-0.3, -0.25) is 9.11 Å². The van der Waals surface area contributed by atoms with Gasteiger partial charge in [0.05, 0.1) is 53.6 Å². The average Bonchev–Trinajstić information content (AvgIpc) is 2.64. The molecular formula is C18H42N2O10S2. The summed E-state index contributed by atoms with van der Waals surface area (Å²) in [4.78, 5) is 0. The van der Waals surface area contributed by atoms with Crippen LogP contribution >= 0.6 is 0 Å². The van der Waals surface area contributed by atoms with E-state index in [1.54, 1.807) is 0 Å². The number of quaternary nitrogens is 2. The summed E-state index contributed by atoms with van der Waals surface area (Å²) in [5.41, 5.74) is 0. The van der Waals surface area contributed by atoms with Crippen molar-refractivity contribution in [2.24, 2.45) is 0 Å². The molecule has 2 saturated heterocycles. The summed E-state index contributed by atoms with van der Waals surface area (Å²) in [7, 11) is -5.14. The van der Waals surface area contributed by atoms with Crippen molar-refractivity contribution in [2.45, 2.75) is 39.5 Å².